The molecular weight excluding hydrogens is 388 g/mol. The normalized spacial score (nSPS) is 17.5. The van der Waals surface area contributed by atoms with Gasteiger partial charge in [-0.1, -0.05) is 48.5 Å². The van der Waals surface area contributed by atoms with Gasteiger partial charge < -0.3 is 14.9 Å². The minimum atomic E-state index is -1.86. The van der Waals surface area contributed by atoms with Gasteiger partial charge in [0.2, 0.25) is 0 Å². The van der Waals surface area contributed by atoms with Crippen molar-refractivity contribution in [1.82, 2.24) is 0 Å². The highest BCUT2D eigenvalue weighted by molar-refractivity contribution is 6.10. The van der Waals surface area contributed by atoms with Crippen LogP contribution < -0.4 is 9.80 Å². The van der Waals surface area contributed by atoms with Crippen LogP contribution in [0.2, 0.25) is 0 Å². The quantitative estimate of drug-likeness (QED) is 0.598. The number of carbonyl (C=O) groups excluding carboxylic acids is 2. The van der Waals surface area contributed by atoms with Gasteiger partial charge in [-0.15, -0.1) is 0 Å². The number of hydrogen-bond acceptors (Lipinski definition) is 4. The van der Waals surface area contributed by atoms with Gasteiger partial charge in [-0.3, -0.25) is 9.59 Å². The first kappa shape index (κ1) is 20.8. The Labute approximate surface area is 182 Å². The maximum absolute atomic E-state index is 13.3. The fourth-order valence-electron chi connectivity index (χ4n) is 4.06. The van der Waals surface area contributed by atoms with Crippen molar-refractivity contribution in [1.29, 1.82) is 0 Å². The van der Waals surface area contributed by atoms with Crippen LogP contribution in [0.5, 0.6) is 0 Å². The summed E-state index contributed by atoms with van der Waals surface area (Å²) in [6.45, 7) is 0.438. The summed E-state index contributed by atoms with van der Waals surface area (Å²) in [7, 11) is 3.86. The molecule has 31 heavy (non-hydrogen) atoms. The van der Waals surface area contributed by atoms with Crippen molar-refractivity contribution in [3.63, 3.8) is 0 Å². The van der Waals surface area contributed by atoms with E-state index in [0.29, 0.717) is 29.8 Å². The molecule has 1 amide bonds. The molecule has 1 aliphatic heterocycles. The van der Waals surface area contributed by atoms with Gasteiger partial charge in [0, 0.05) is 37.5 Å². The molecule has 3 aromatic rings. The molecule has 3 aromatic carbocycles. The SMILES string of the molecule is CN(C)c1ccc(C(=O)C[C@]2(O)C(=O)N(CCc3ccccc3)c3ccccc32)cc1. The zero-order chi connectivity index (χ0) is 22.0. The molecule has 0 saturated heterocycles. The molecule has 1 N–H and O–H groups in total. The minimum absolute atomic E-state index is 0.263. The lowest BCUT2D eigenvalue weighted by molar-refractivity contribution is -0.135. The van der Waals surface area contributed by atoms with E-state index in [9.17, 15) is 14.7 Å². The summed E-state index contributed by atoms with van der Waals surface area (Å²) < 4.78 is 0. The fraction of sp³-hybridized carbons (Fsp3) is 0.231. The molecule has 0 aromatic heterocycles. The zero-order valence-electron chi connectivity index (χ0n) is 17.8. The van der Waals surface area contributed by atoms with Crippen LogP contribution in [0.25, 0.3) is 0 Å². The second-order valence-electron chi connectivity index (χ2n) is 8.11. The molecule has 0 spiro atoms. The van der Waals surface area contributed by atoms with Crippen LogP contribution in [0.1, 0.15) is 27.9 Å². The monoisotopic (exact) mass is 414 g/mol. The molecular formula is C26H26N2O3. The van der Waals surface area contributed by atoms with E-state index in [-0.39, 0.29) is 12.2 Å². The topological polar surface area (TPSA) is 60.9 Å². The van der Waals surface area contributed by atoms with E-state index in [1.165, 1.54) is 0 Å². The third-order valence-electron chi connectivity index (χ3n) is 5.83. The molecule has 0 aliphatic carbocycles. The molecule has 4 rings (SSSR count). The Morgan fingerprint density at radius 3 is 2.26 bits per heavy atom. The Kier molecular flexibility index (Phi) is 5.61. The van der Waals surface area contributed by atoms with Gasteiger partial charge in [-0.05, 0) is 42.3 Å². The predicted octanol–water partition coefficient (Wildman–Crippen LogP) is 3.80. The van der Waals surface area contributed by atoms with E-state index in [0.717, 1.165) is 11.3 Å². The standard InChI is InChI=1S/C26H26N2O3/c1-27(2)21-14-12-20(13-15-21)24(29)18-26(31)22-10-6-7-11-23(22)28(25(26)30)17-16-19-8-4-3-5-9-19/h3-15,31H,16-18H2,1-2H3/t26-/m1/s1. The zero-order valence-corrected chi connectivity index (χ0v) is 17.8. The molecule has 0 radical (unpaired) electrons. The summed E-state index contributed by atoms with van der Waals surface area (Å²) in [4.78, 5) is 29.9. The smallest absolute Gasteiger partial charge is 0.264 e. The van der Waals surface area contributed by atoms with Gasteiger partial charge in [0.1, 0.15) is 0 Å². The molecule has 158 valence electrons. The van der Waals surface area contributed by atoms with E-state index in [4.69, 9.17) is 0 Å². The molecule has 1 atom stereocenters. The summed E-state index contributed by atoms with van der Waals surface area (Å²) in [6.07, 6.45) is 0.378. The van der Waals surface area contributed by atoms with Gasteiger partial charge in [-0.2, -0.15) is 0 Å². The van der Waals surface area contributed by atoms with Crippen molar-refractivity contribution in [2.24, 2.45) is 0 Å². The van der Waals surface area contributed by atoms with Crippen LogP contribution in [0.4, 0.5) is 11.4 Å². The van der Waals surface area contributed by atoms with Crippen molar-refractivity contribution in [2.75, 3.05) is 30.4 Å². The molecule has 5 nitrogen and oxygen atoms in total. The Balaban J connectivity index is 1.58. The van der Waals surface area contributed by atoms with Crippen LogP contribution in [-0.4, -0.2) is 37.4 Å². The maximum atomic E-state index is 13.3. The van der Waals surface area contributed by atoms with E-state index in [1.807, 2.05) is 73.6 Å². The van der Waals surface area contributed by atoms with E-state index in [2.05, 4.69) is 0 Å². The molecule has 0 fully saturated rings. The molecule has 0 unspecified atom stereocenters. The summed E-state index contributed by atoms with van der Waals surface area (Å²) in [5.74, 6) is -0.705. The van der Waals surface area contributed by atoms with Crippen molar-refractivity contribution >= 4 is 23.1 Å². The highest BCUT2D eigenvalue weighted by Crippen LogP contribution is 2.42. The maximum Gasteiger partial charge on any atom is 0.264 e. The number of aliphatic hydroxyl groups is 1. The van der Waals surface area contributed by atoms with Crippen LogP contribution in [0, 0.1) is 0 Å². The third-order valence-corrected chi connectivity index (χ3v) is 5.83. The number of carbonyl (C=O) groups is 2. The first-order valence-electron chi connectivity index (χ1n) is 10.4. The summed E-state index contributed by atoms with van der Waals surface area (Å²) in [5, 5.41) is 11.4. The number of hydrogen-bond donors (Lipinski definition) is 1. The second-order valence-corrected chi connectivity index (χ2v) is 8.11. The van der Waals surface area contributed by atoms with Crippen LogP contribution >= 0.6 is 0 Å². The second kappa shape index (κ2) is 8.36. The number of ketones is 1. The first-order chi connectivity index (χ1) is 14.9. The molecule has 1 heterocycles. The number of rotatable bonds is 7. The number of nitrogens with zero attached hydrogens (tertiary/aromatic N) is 2. The molecule has 0 bridgehead atoms. The predicted molar refractivity (Wildman–Crippen MR) is 123 cm³/mol. The summed E-state index contributed by atoms with van der Waals surface area (Å²) in [6, 6.07) is 24.3. The van der Waals surface area contributed by atoms with Gasteiger partial charge in [0.25, 0.3) is 5.91 Å². The molecule has 0 saturated carbocycles. The minimum Gasteiger partial charge on any atom is -0.378 e. The lowest BCUT2D eigenvalue weighted by Gasteiger charge is -2.23. The number of Topliss-reactive ketones (excluding diaryl/α,β-unsaturated/α-hetero) is 1. The van der Waals surface area contributed by atoms with E-state index >= 15 is 0 Å². The Hall–Kier alpha value is -3.44. The summed E-state index contributed by atoms with van der Waals surface area (Å²) >= 11 is 0. The van der Waals surface area contributed by atoms with Crippen LogP contribution in [-0.2, 0) is 16.8 Å². The van der Waals surface area contributed by atoms with Gasteiger partial charge in [-0.25, -0.2) is 0 Å². The highest BCUT2D eigenvalue weighted by atomic mass is 16.3. The third kappa shape index (κ3) is 3.97. The van der Waals surface area contributed by atoms with Crippen LogP contribution in [0.15, 0.2) is 78.9 Å². The average molecular weight is 415 g/mol. The summed E-state index contributed by atoms with van der Waals surface area (Å²) in [5.41, 5.74) is 1.87. The highest BCUT2D eigenvalue weighted by Gasteiger charge is 2.50. The lowest BCUT2D eigenvalue weighted by atomic mass is 9.88. The van der Waals surface area contributed by atoms with Crippen molar-refractivity contribution < 1.29 is 14.7 Å². The number of fused-ring (bicyclic) bond motifs is 1. The van der Waals surface area contributed by atoms with Crippen molar-refractivity contribution in [3.05, 3.63) is 95.6 Å². The number of amides is 1. The number of para-hydroxylation sites is 1. The number of benzene rings is 3. The number of anilines is 2. The van der Waals surface area contributed by atoms with Gasteiger partial charge >= 0.3 is 0 Å². The van der Waals surface area contributed by atoms with E-state index in [1.54, 1.807) is 29.2 Å². The molecule has 1 aliphatic rings. The Morgan fingerprint density at radius 2 is 1.58 bits per heavy atom. The van der Waals surface area contributed by atoms with E-state index < -0.39 is 11.5 Å². The first-order valence-corrected chi connectivity index (χ1v) is 10.4. The average Bonchev–Trinajstić information content (AvgIpc) is 3.00. The molecule has 5 heteroatoms. The fourth-order valence-corrected chi connectivity index (χ4v) is 4.06. The van der Waals surface area contributed by atoms with Gasteiger partial charge in [0.15, 0.2) is 11.4 Å². The van der Waals surface area contributed by atoms with Crippen LogP contribution in [0.3, 0.4) is 0 Å². The Bertz CT molecular complexity index is 1090. The van der Waals surface area contributed by atoms with Gasteiger partial charge in [0.05, 0.1) is 12.1 Å². The van der Waals surface area contributed by atoms with Crippen molar-refractivity contribution in [3.8, 4) is 0 Å². The Morgan fingerprint density at radius 1 is 0.935 bits per heavy atom. The van der Waals surface area contributed by atoms with Crippen molar-refractivity contribution in [2.45, 2.75) is 18.4 Å². The lowest BCUT2D eigenvalue weighted by Crippen LogP contribution is -2.42. The largest absolute Gasteiger partial charge is 0.378 e.